The van der Waals surface area contributed by atoms with Gasteiger partial charge in [-0.1, -0.05) is 18.2 Å². The zero-order valence-electron chi connectivity index (χ0n) is 10.5. The molecule has 0 unspecified atom stereocenters. The second kappa shape index (κ2) is 4.71. The Balaban J connectivity index is 1.95. The van der Waals surface area contributed by atoms with Gasteiger partial charge < -0.3 is 10.6 Å². The third-order valence-corrected chi connectivity index (χ3v) is 4.61. The maximum absolute atomic E-state index is 5.63. The number of nitrogens with zero attached hydrogens (tertiary/aromatic N) is 2. The number of aromatic nitrogens is 1. The summed E-state index contributed by atoms with van der Waals surface area (Å²) in [5.41, 5.74) is 9.50. The van der Waals surface area contributed by atoms with Crippen molar-refractivity contribution in [3.05, 3.63) is 40.4 Å². The number of benzene rings is 1. The maximum atomic E-state index is 5.63. The first-order valence-corrected chi connectivity index (χ1v) is 7.13. The molecule has 4 heteroatoms. The largest absolute Gasteiger partial charge is 0.330 e. The summed E-state index contributed by atoms with van der Waals surface area (Å²) in [7, 11) is 0. The molecule has 0 bridgehead atoms. The summed E-state index contributed by atoms with van der Waals surface area (Å²) >= 11 is 1.78. The number of anilines is 2. The molecule has 0 radical (unpaired) electrons. The summed E-state index contributed by atoms with van der Waals surface area (Å²) in [6.07, 6.45) is 2.04. The van der Waals surface area contributed by atoms with Crippen molar-refractivity contribution < 1.29 is 0 Å². The molecule has 2 N–H and O–H groups in total. The van der Waals surface area contributed by atoms with Crippen LogP contribution in [0, 0.1) is 6.92 Å². The van der Waals surface area contributed by atoms with Crippen LogP contribution in [0.3, 0.4) is 0 Å². The molecule has 1 aliphatic rings. The van der Waals surface area contributed by atoms with E-state index in [-0.39, 0.29) is 0 Å². The first kappa shape index (κ1) is 11.7. The number of nitrogens with two attached hydrogens (primary N) is 1. The van der Waals surface area contributed by atoms with Gasteiger partial charge >= 0.3 is 0 Å². The van der Waals surface area contributed by atoms with Gasteiger partial charge in [-0.25, -0.2) is 4.98 Å². The Morgan fingerprint density at radius 3 is 3.06 bits per heavy atom. The van der Waals surface area contributed by atoms with Gasteiger partial charge in [-0.2, -0.15) is 0 Å². The highest BCUT2D eigenvalue weighted by molar-refractivity contribution is 7.15. The fourth-order valence-corrected chi connectivity index (χ4v) is 3.54. The highest BCUT2D eigenvalue weighted by atomic mass is 32.1. The molecule has 0 fully saturated rings. The Hall–Kier alpha value is -1.39. The fourth-order valence-electron chi connectivity index (χ4n) is 2.43. The molecule has 2 heterocycles. The summed E-state index contributed by atoms with van der Waals surface area (Å²) in [5.74, 6) is 0. The fraction of sp³-hybridized carbons (Fsp3) is 0.357. The predicted octanol–water partition coefficient (Wildman–Crippen LogP) is 2.65. The SMILES string of the molecule is Cc1nc(N2CCc3ccccc32)sc1CCN. The molecule has 94 valence electrons. The molecular formula is C14H17N3S. The molecule has 0 amide bonds. The van der Waals surface area contributed by atoms with Crippen molar-refractivity contribution >= 4 is 22.2 Å². The van der Waals surface area contributed by atoms with Crippen LogP contribution >= 0.6 is 11.3 Å². The van der Waals surface area contributed by atoms with E-state index in [0.717, 1.165) is 30.2 Å². The molecule has 0 atom stereocenters. The molecule has 3 nitrogen and oxygen atoms in total. The number of para-hydroxylation sites is 1. The third-order valence-electron chi connectivity index (χ3n) is 3.37. The quantitative estimate of drug-likeness (QED) is 0.921. The summed E-state index contributed by atoms with van der Waals surface area (Å²) in [6, 6.07) is 8.59. The Morgan fingerprint density at radius 2 is 2.22 bits per heavy atom. The van der Waals surface area contributed by atoms with E-state index in [1.165, 1.54) is 16.1 Å². The molecule has 0 saturated heterocycles. The van der Waals surface area contributed by atoms with Gasteiger partial charge in [0, 0.05) is 17.1 Å². The zero-order valence-corrected chi connectivity index (χ0v) is 11.3. The van der Waals surface area contributed by atoms with Crippen LogP contribution < -0.4 is 10.6 Å². The average molecular weight is 259 g/mol. The lowest BCUT2D eigenvalue weighted by Gasteiger charge is -2.15. The van der Waals surface area contributed by atoms with Gasteiger partial charge in [-0.3, -0.25) is 0 Å². The maximum Gasteiger partial charge on any atom is 0.190 e. The van der Waals surface area contributed by atoms with Crippen molar-refractivity contribution in [1.29, 1.82) is 0 Å². The Kier molecular flexibility index (Phi) is 3.06. The lowest BCUT2D eigenvalue weighted by Crippen LogP contribution is -2.12. The zero-order chi connectivity index (χ0) is 12.5. The number of aryl methyl sites for hydroxylation is 1. The van der Waals surface area contributed by atoms with Crippen LogP contribution in [0.2, 0.25) is 0 Å². The summed E-state index contributed by atoms with van der Waals surface area (Å²) in [4.78, 5) is 8.34. The minimum atomic E-state index is 0.694. The smallest absolute Gasteiger partial charge is 0.190 e. The van der Waals surface area contributed by atoms with Gasteiger partial charge in [0.25, 0.3) is 0 Å². The average Bonchev–Trinajstić information content (AvgIpc) is 2.94. The second-order valence-corrected chi connectivity index (χ2v) is 5.64. The van der Waals surface area contributed by atoms with Crippen molar-refractivity contribution in [2.45, 2.75) is 19.8 Å². The topological polar surface area (TPSA) is 42.2 Å². The van der Waals surface area contributed by atoms with Crippen molar-refractivity contribution in [3.63, 3.8) is 0 Å². The first-order chi connectivity index (χ1) is 8.79. The van der Waals surface area contributed by atoms with Crippen LogP contribution in [-0.2, 0) is 12.8 Å². The van der Waals surface area contributed by atoms with E-state index in [9.17, 15) is 0 Å². The molecule has 1 aromatic heterocycles. The summed E-state index contributed by atoms with van der Waals surface area (Å²) in [6.45, 7) is 3.81. The van der Waals surface area contributed by atoms with E-state index in [1.807, 2.05) is 0 Å². The Labute approximate surface area is 111 Å². The number of fused-ring (bicyclic) bond motifs is 1. The minimum absolute atomic E-state index is 0.694. The minimum Gasteiger partial charge on any atom is -0.330 e. The number of rotatable bonds is 3. The van der Waals surface area contributed by atoms with Crippen LogP contribution in [-0.4, -0.2) is 18.1 Å². The lowest BCUT2D eigenvalue weighted by molar-refractivity contribution is 0.962. The van der Waals surface area contributed by atoms with Gasteiger partial charge in [0.2, 0.25) is 0 Å². The van der Waals surface area contributed by atoms with Crippen molar-refractivity contribution in [2.75, 3.05) is 18.0 Å². The molecule has 0 aliphatic carbocycles. The normalized spacial score (nSPS) is 14.0. The second-order valence-electron chi connectivity index (χ2n) is 4.57. The molecular weight excluding hydrogens is 242 g/mol. The van der Waals surface area contributed by atoms with Crippen LogP contribution in [0.15, 0.2) is 24.3 Å². The van der Waals surface area contributed by atoms with E-state index in [2.05, 4.69) is 36.1 Å². The van der Waals surface area contributed by atoms with Crippen LogP contribution in [0.5, 0.6) is 0 Å². The molecule has 0 saturated carbocycles. The highest BCUT2D eigenvalue weighted by Gasteiger charge is 2.22. The van der Waals surface area contributed by atoms with Gasteiger partial charge in [0.1, 0.15) is 0 Å². The number of hydrogen-bond acceptors (Lipinski definition) is 4. The first-order valence-electron chi connectivity index (χ1n) is 6.31. The predicted molar refractivity (Wildman–Crippen MR) is 76.8 cm³/mol. The lowest BCUT2D eigenvalue weighted by atomic mass is 10.2. The molecule has 2 aromatic rings. The molecule has 3 rings (SSSR count). The Bertz CT molecular complexity index is 562. The van der Waals surface area contributed by atoms with Crippen LogP contribution in [0.4, 0.5) is 10.8 Å². The molecule has 18 heavy (non-hydrogen) atoms. The highest BCUT2D eigenvalue weighted by Crippen LogP contribution is 2.37. The van der Waals surface area contributed by atoms with E-state index in [0.29, 0.717) is 6.54 Å². The standard InChI is InChI=1S/C14H17N3S/c1-10-13(6-8-15)18-14(16-10)17-9-7-11-4-2-3-5-12(11)17/h2-5H,6-9,15H2,1H3. The summed E-state index contributed by atoms with van der Waals surface area (Å²) < 4.78 is 0. The summed E-state index contributed by atoms with van der Waals surface area (Å²) in [5, 5.41) is 1.11. The molecule has 0 spiro atoms. The van der Waals surface area contributed by atoms with Crippen molar-refractivity contribution in [3.8, 4) is 0 Å². The van der Waals surface area contributed by atoms with Crippen molar-refractivity contribution in [2.24, 2.45) is 5.73 Å². The molecule has 1 aromatic carbocycles. The van der Waals surface area contributed by atoms with Gasteiger partial charge in [0.15, 0.2) is 5.13 Å². The van der Waals surface area contributed by atoms with Gasteiger partial charge in [-0.05, 0) is 37.9 Å². The van der Waals surface area contributed by atoms with E-state index >= 15 is 0 Å². The third kappa shape index (κ3) is 1.91. The van der Waals surface area contributed by atoms with Crippen molar-refractivity contribution in [1.82, 2.24) is 4.98 Å². The van der Waals surface area contributed by atoms with Gasteiger partial charge in [0.05, 0.1) is 5.69 Å². The number of thiazole rings is 1. The van der Waals surface area contributed by atoms with Crippen LogP contribution in [0.1, 0.15) is 16.1 Å². The molecule has 1 aliphatic heterocycles. The number of hydrogen-bond donors (Lipinski definition) is 1. The van der Waals surface area contributed by atoms with E-state index in [1.54, 1.807) is 11.3 Å². The van der Waals surface area contributed by atoms with E-state index < -0.39 is 0 Å². The van der Waals surface area contributed by atoms with Crippen LogP contribution in [0.25, 0.3) is 0 Å². The monoisotopic (exact) mass is 259 g/mol. The Morgan fingerprint density at radius 1 is 1.39 bits per heavy atom. The van der Waals surface area contributed by atoms with Gasteiger partial charge in [-0.15, -0.1) is 11.3 Å². The van der Waals surface area contributed by atoms with E-state index in [4.69, 9.17) is 10.7 Å².